The number of methoxy groups -OCH3 is 1. The normalized spacial score (nSPS) is 50.0. The van der Waals surface area contributed by atoms with Crippen LogP contribution in [-0.2, 0) is 47.4 Å². The third-order valence-electron chi connectivity index (χ3n) is 14.6. The second-order valence-electron chi connectivity index (χ2n) is 19.1. The van der Waals surface area contributed by atoms with Gasteiger partial charge in [0.05, 0.1) is 49.3 Å². The Morgan fingerprint density at radius 2 is 1.69 bits per heavy atom. The van der Waals surface area contributed by atoms with Gasteiger partial charge >= 0.3 is 5.97 Å². The lowest BCUT2D eigenvalue weighted by molar-refractivity contribution is -0.340. The minimum Gasteiger partial charge on any atom is -0.462 e. The van der Waals surface area contributed by atoms with E-state index in [1.807, 2.05) is 32.9 Å². The highest BCUT2D eigenvalue weighted by Gasteiger charge is 2.60. The topological polar surface area (TPSA) is 181 Å². The van der Waals surface area contributed by atoms with Gasteiger partial charge in [0, 0.05) is 45.1 Å². The Hall–Kier alpha value is -2.05. The zero-order valence-corrected chi connectivity index (χ0v) is 37.5. The van der Waals surface area contributed by atoms with Crippen molar-refractivity contribution in [2.75, 3.05) is 13.7 Å². The number of aliphatic hydroxyl groups is 4. The quantitative estimate of drug-likeness (QED) is 0.200. The predicted molar refractivity (Wildman–Crippen MR) is 223 cm³/mol. The first-order chi connectivity index (χ1) is 29.0. The second kappa shape index (κ2) is 19.2. The first-order valence-electron chi connectivity index (χ1n) is 22.8. The van der Waals surface area contributed by atoms with E-state index in [9.17, 15) is 25.2 Å². The van der Waals surface area contributed by atoms with E-state index in [4.69, 9.17) is 42.6 Å². The molecule has 0 amide bonds. The number of allylic oxidation sites excluding steroid dienone is 2. The van der Waals surface area contributed by atoms with Gasteiger partial charge in [0.25, 0.3) is 0 Å². The maximum atomic E-state index is 14.3. The van der Waals surface area contributed by atoms with Crippen LogP contribution in [0, 0.1) is 23.7 Å². The molecule has 2 bridgehead atoms. The van der Waals surface area contributed by atoms with Crippen molar-refractivity contribution in [1.29, 1.82) is 0 Å². The number of ether oxygens (including phenoxy) is 9. The first-order valence-corrected chi connectivity index (χ1v) is 22.8. The van der Waals surface area contributed by atoms with E-state index < -0.39 is 96.9 Å². The molecule has 344 valence electrons. The molecule has 0 saturated carbocycles. The molecule has 0 aromatic rings. The van der Waals surface area contributed by atoms with Gasteiger partial charge in [-0.1, -0.05) is 64.5 Å². The molecule has 20 atom stereocenters. The van der Waals surface area contributed by atoms with Crippen LogP contribution in [-0.4, -0.2) is 137 Å². The van der Waals surface area contributed by atoms with Crippen molar-refractivity contribution in [3.05, 3.63) is 47.1 Å². The number of hydrogen-bond acceptors (Lipinski definition) is 14. The molecule has 5 saturated heterocycles. The standard InChI is InChI=1S/C47H72O14/c1-10-24(2)42-27(5)16-17-46(61-42)22-33-19-32(60-46)15-14-26(4)41(58-37-20-35(48)43(30(8)56-37)59-38-21-36(53-9)40(50)29(7)55-38)25(3)12-11-13-31-23-54-44-39(49)28(6)18-34(45(51)57-33)47(31,44)52/h11-14,18,24-25,27,29-30,32-44,48-50,52H,10,15-17,19-23H2,1-9H3/b12-11+,26-14+,31-13+/t24-,25-,27-,29-,30-,32+,33-,34-,35-,36-,37-,38-,39+,40-,41-,42+,43-,44+,46-,47+/m0/s1. The van der Waals surface area contributed by atoms with Crippen LogP contribution in [0.3, 0.4) is 0 Å². The monoisotopic (exact) mass is 860 g/mol. The second-order valence-corrected chi connectivity index (χ2v) is 19.1. The lowest BCUT2D eigenvalue weighted by Crippen LogP contribution is -2.58. The summed E-state index contributed by atoms with van der Waals surface area (Å²) in [7, 11) is 1.54. The van der Waals surface area contributed by atoms with Crippen molar-refractivity contribution in [3.8, 4) is 0 Å². The molecule has 0 aromatic carbocycles. The lowest BCUT2D eigenvalue weighted by atomic mass is 9.71. The fourth-order valence-electron chi connectivity index (χ4n) is 10.7. The minimum atomic E-state index is -1.83. The number of aliphatic hydroxyl groups excluding tert-OH is 3. The Kier molecular flexibility index (Phi) is 14.8. The Balaban J connectivity index is 1.17. The summed E-state index contributed by atoms with van der Waals surface area (Å²) in [6.45, 7) is 16.0. The molecule has 61 heavy (non-hydrogen) atoms. The number of hydrogen-bond donors (Lipinski definition) is 4. The molecule has 6 aliphatic heterocycles. The van der Waals surface area contributed by atoms with E-state index in [0.717, 1.165) is 18.4 Å². The van der Waals surface area contributed by atoms with Crippen LogP contribution in [0.5, 0.6) is 0 Å². The summed E-state index contributed by atoms with van der Waals surface area (Å²) < 4.78 is 57.2. The molecule has 1 spiro atoms. The van der Waals surface area contributed by atoms with Gasteiger partial charge in [-0.25, -0.2) is 0 Å². The molecule has 14 nitrogen and oxygen atoms in total. The van der Waals surface area contributed by atoms with E-state index in [-0.39, 0.29) is 31.2 Å². The van der Waals surface area contributed by atoms with Crippen LogP contribution in [0.15, 0.2) is 47.1 Å². The van der Waals surface area contributed by atoms with Gasteiger partial charge in [0.2, 0.25) is 0 Å². The molecule has 6 heterocycles. The predicted octanol–water partition coefficient (Wildman–Crippen LogP) is 4.95. The zero-order chi connectivity index (χ0) is 44.0. The van der Waals surface area contributed by atoms with Gasteiger partial charge < -0.3 is 63.1 Å². The Bertz CT molecular complexity index is 1650. The van der Waals surface area contributed by atoms with Crippen LogP contribution in [0.2, 0.25) is 0 Å². The molecular formula is C47H72O14. The van der Waals surface area contributed by atoms with E-state index in [1.165, 1.54) is 0 Å². The van der Waals surface area contributed by atoms with Crippen LogP contribution < -0.4 is 0 Å². The van der Waals surface area contributed by atoms with Crippen LogP contribution in [0.25, 0.3) is 0 Å². The number of rotatable bonds is 7. The largest absolute Gasteiger partial charge is 0.462 e. The highest BCUT2D eigenvalue weighted by Crippen LogP contribution is 2.48. The van der Waals surface area contributed by atoms with Gasteiger partial charge in [-0.3, -0.25) is 4.79 Å². The molecule has 1 aliphatic carbocycles. The molecular weight excluding hydrogens is 789 g/mol. The maximum absolute atomic E-state index is 14.3. The molecule has 5 fully saturated rings. The molecule has 4 N–H and O–H groups in total. The van der Waals surface area contributed by atoms with Crippen LogP contribution in [0.1, 0.15) is 107 Å². The summed E-state index contributed by atoms with van der Waals surface area (Å²) in [6.07, 6.45) is 4.64. The lowest BCUT2D eigenvalue weighted by Gasteiger charge is -2.51. The van der Waals surface area contributed by atoms with E-state index in [2.05, 4.69) is 26.8 Å². The Morgan fingerprint density at radius 3 is 2.41 bits per heavy atom. The summed E-state index contributed by atoms with van der Waals surface area (Å²) in [4.78, 5) is 14.3. The molecule has 7 aliphatic rings. The average molecular weight is 861 g/mol. The van der Waals surface area contributed by atoms with Crippen LogP contribution >= 0.6 is 0 Å². The van der Waals surface area contributed by atoms with Gasteiger partial charge in [-0.15, -0.1) is 0 Å². The van der Waals surface area contributed by atoms with E-state index >= 15 is 0 Å². The van der Waals surface area contributed by atoms with Crippen molar-refractivity contribution in [3.63, 3.8) is 0 Å². The fraction of sp³-hybridized carbons (Fsp3) is 0.809. The van der Waals surface area contributed by atoms with Crippen molar-refractivity contribution in [2.24, 2.45) is 23.7 Å². The van der Waals surface area contributed by atoms with Gasteiger partial charge in [0.1, 0.15) is 42.0 Å². The highest BCUT2D eigenvalue weighted by molar-refractivity contribution is 5.78. The fourth-order valence-corrected chi connectivity index (χ4v) is 10.7. The van der Waals surface area contributed by atoms with E-state index in [0.29, 0.717) is 55.1 Å². The Morgan fingerprint density at radius 1 is 0.951 bits per heavy atom. The summed E-state index contributed by atoms with van der Waals surface area (Å²) >= 11 is 0. The first kappa shape index (κ1) is 46.9. The van der Waals surface area contributed by atoms with Gasteiger partial charge in [0.15, 0.2) is 18.4 Å². The minimum absolute atomic E-state index is 0.0169. The number of fused-ring (bicyclic) bond motifs is 2. The smallest absolute Gasteiger partial charge is 0.316 e. The van der Waals surface area contributed by atoms with Crippen molar-refractivity contribution in [2.45, 2.75) is 204 Å². The maximum Gasteiger partial charge on any atom is 0.316 e. The van der Waals surface area contributed by atoms with Crippen LogP contribution in [0.4, 0.5) is 0 Å². The van der Waals surface area contributed by atoms with Crippen molar-refractivity contribution in [1.82, 2.24) is 0 Å². The third-order valence-corrected chi connectivity index (χ3v) is 14.6. The van der Waals surface area contributed by atoms with Crippen molar-refractivity contribution >= 4 is 5.97 Å². The summed E-state index contributed by atoms with van der Waals surface area (Å²) in [5.41, 5.74) is 0.101. The molecule has 0 radical (unpaired) electrons. The Labute approximate surface area is 361 Å². The zero-order valence-electron chi connectivity index (χ0n) is 37.5. The SMILES string of the molecule is CC[C@H](C)[C@H]1O[C@@]2(CC[C@@H]1C)C[C@@H]1C[C@@H](C/C=C(\C)[C@@H](O[C@H]3C[C@H](O)[C@@H](O[C@H]4C[C@H](OC)[C@@H](O)[C@H](C)O4)[C@H](C)O3)[C@@H](C)/C=C/C=C3\CO[C@@H]4[C@H](O)C(C)=C[C@@H](C(=O)O1)[C@]34O)O2. The van der Waals surface area contributed by atoms with Crippen molar-refractivity contribution < 1.29 is 67.9 Å². The summed E-state index contributed by atoms with van der Waals surface area (Å²) in [6, 6.07) is 0. The molecule has 14 heteroatoms. The third kappa shape index (κ3) is 9.67. The highest BCUT2D eigenvalue weighted by atomic mass is 16.7. The number of carbonyl (C=O) groups excluding carboxylic acids is 1. The van der Waals surface area contributed by atoms with Gasteiger partial charge in [-0.2, -0.15) is 0 Å². The average Bonchev–Trinajstić information content (AvgIpc) is 3.56. The van der Waals surface area contributed by atoms with Gasteiger partial charge in [-0.05, 0) is 69.1 Å². The molecule has 0 aromatic heterocycles. The van der Waals surface area contributed by atoms with E-state index in [1.54, 1.807) is 33.1 Å². The summed E-state index contributed by atoms with van der Waals surface area (Å²) in [5.74, 6) is -2.19. The molecule has 7 rings (SSSR count). The molecule has 0 unspecified atom stereocenters. The number of carbonyl (C=O) groups is 1. The number of esters is 1. The summed E-state index contributed by atoms with van der Waals surface area (Å²) in [5, 5.41) is 45.6.